The number of hydrogen-bond acceptors (Lipinski definition) is 6. The van der Waals surface area contributed by atoms with Crippen molar-refractivity contribution >= 4 is 44.1 Å². The van der Waals surface area contributed by atoms with E-state index in [-0.39, 0.29) is 11.3 Å². The molecule has 4 aromatic rings. The van der Waals surface area contributed by atoms with Crippen LogP contribution in [0.15, 0.2) is 66.2 Å². The molecule has 1 unspecified atom stereocenters. The average Bonchev–Trinajstić information content (AvgIpc) is 3.38. The van der Waals surface area contributed by atoms with Crippen molar-refractivity contribution in [1.29, 1.82) is 0 Å². The van der Waals surface area contributed by atoms with Crippen LogP contribution in [0.3, 0.4) is 0 Å². The van der Waals surface area contributed by atoms with Crippen LogP contribution in [0.5, 0.6) is 5.75 Å². The summed E-state index contributed by atoms with van der Waals surface area (Å²) in [4.78, 5) is 33.0. The molecule has 1 amide bonds. The molecule has 0 saturated carbocycles. The molecule has 7 heteroatoms. The van der Waals surface area contributed by atoms with Gasteiger partial charge >= 0.3 is 5.91 Å². The maximum absolute atomic E-state index is 13.5. The third-order valence-electron chi connectivity index (χ3n) is 6.24. The molecule has 3 aromatic carbocycles. The number of aliphatic hydroxyl groups excluding tert-OH is 1. The number of Topliss-reactive ketones (excluding diaryl/α,β-unsaturated/α-hetero) is 1. The molecular weight excluding hydrogens is 460 g/mol. The standard InChI is InChI=1S/C28H24N2O4S/c1-15-8-10-17(3)20(12-15)25(31)23-24(18-6-5-7-19(14-18)34-4)30(27(33)26(23)32)28-29-21-11-9-16(2)13-22(21)35-28/h5-14,24,31H,1-4H3. The molecular formula is C28H24N2O4S. The predicted octanol–water partition coefficient (Wildman–Crippen LogP) is 5.86. The van der Waals surface area contributed by atoms with E-state index in [1.54, 1.807) is 25.3 Å². The van der Waals surface area contributed by atoms with Crippen molar-refractivity contribution < 1.29 is 19.4 Å². The van der Waals surface area contributed by atoms with Gasteiger partial charge in [-0.05, 0) is 67.8 Å². The van der Waals surface area contributed by atoms with Crippen molar-refractivity contribution in [1.82, 2.24) is 4.98 Å². The van der Waals surface area contributed by atoms with Gasteiger partial charge in [0.05, 0.1) is 28.9 Å². The number of benzene rings is 3. The van der Waals surface area contributed by atoms with Crippen LogP contribution < -0.4 is 9.64 Å². The first kappa shape index (κ1) is 22.8. The Labute approximate surface area is 207 Å². The topological polar surface area (TPSA) is 79.7 Å². The van der Waals surface area contributed by atoms with Gasteiger partial charge < -0.3 is 9.84 Å². The lowest BCUT2D eigenvalue weighted by molar-refractivity contribution is -0.132. The second-order valence-corrected chi connectivity index (χ2v) is 9.74. The number of aliphatic hydroxyl groups is 1. The fourth-order valence-corrected chi connectivity index (χ4v) is 5.51. The van der Waals surface area contributed by atoms with E-state index in [4.69, 9.17) is 4.74 Å². The number of hydrogen-bond donors (Lipinski definition) is 1. The van der Waals surface area contributed by atoms with Gasteiger partial charge in [0, 0.05) is 5.56 Å². The predicted molar refractivity (Wildman–Crippen MR) is 138 cm³/mol. The van der Waals surface area contributed by atoms with Gasteiger partial charge in [-0.15, -0.1) is 0 Å². The summed E-state index contributed by atoms with van der Waals surface area (Å²) in [5.74, 6) is -1.08. The Morgan fingerprint density at radius 3 is 2.51 bits per heavy atom. The van der Waals surface area contributed by atoms with Crippen molar-refractivity contribution in [2.24, 2.45) is 0 Å². The quantitative estimate of drug-likeness (QED) is 0.223. The van der Waals surface area contributed by atoms with E-state index in [9.17, 15) is 14.7 Å². The summed E-state index contributed by atoms with van der Waals surface area (Å²) < 4.78 is 6.32. The number of thiazole rings is 1. The van der Waals surface area contributed by atoms with Crippen LogP contribution in [-0.2, 0) is 9.59 Å². The number of anilines is 1. The van der Waals surface area contributed by atoms with Crippen LogP contribution in [0.4, 0.5) is 5.13 Å². The summed E-state index contributed by atoms with van der Waals surface area (Å²) in [6.07, 6.45) is 0. The number of ether oxygens (including phenoxy) is 1. The van der Waals surface area contributed by atoms with E-state index in [0.29, 0.717) is 22.0 Å². The molecule has 2 heterocycles. The molecule has 0 spiro atoms. The fraction of sp³-hybridized carbons (Fsp3) is 0.179. The second-order valence-electron chi connectivity index (χ2n) is 8.73. The summed E-state index contributed by atoms with van der Waals surface area (Å²) in [6.45, 7) is 5.77. The van der Waals surface area contributed by atoms with E-state index >= 15 is 0 Å². The minimum absolute atomic E-state index is 0.0346. The molecule has 1 atom stereocenters. The molecule has 6 nitrogen and oxygen atoms in total. The molecule has 0 radical (unpaired) electrons. The number of aromatic nitrogens is 1. The zero-order chi connectivity index (χ0) is 24.9. The Morgan fingerprint density at radius 2 is 1.74 bits per heavy atom. The third kappa shape index (κ3) is 3.88. The molecule has 176 valence electrons. The molecule has 0 bridgehead atoms. The fourth-order valence-electron chi connectivity index (χ4n) is 4.42. The van der Waals surface area contributed by atoms with Crippen molar-refractivity contribution in [3.05, 3.63) is 94.1 Å². The van der Waals surface area contributed by atoms with Gasteiger partial charge in [0.1, 0.15) is 11.5 Å². The Hall–Kier alpha value is -3.97. The van der Waals surface area contributed by atoms with Crippen molar-refractivity contribution in [2.45, 2.75) is 26.8 Å². The van der Waals surface area contributed by atoms with Crippen LogP contribution >= 0.6 is 11.3 Å². The van der Waals surface area contributed by atoms with Gasteiger partial charge in [-0.3, -0.25) is 14.5 Å². The number of nitrogens with zero attached hydrogens (tertiary/aromatic N) is 2. The molecule has 1 N–H and O–H groups in total. The first-order chi connectivity index (χ1) is 16.8. The van der Waals surface area contributed by atoms with Gasteiger partial charge in [-0.25, -0.2) is 4.98 Å². The van der Waals surface area contributed by atoms with Crippen molar-refractivity contribution in [3.63, 3.8) is 0 Å². The first-order valence-corrected chi connectivity index (χ1v) is 12.0. The minimum atomic E-state index is -0.855. The number of methoxy groups -OCH3 is 1. The van der Waals surface area contributed by atoms with Crippen LogP contribution in [-0.4, -0.2) is 28.9 Å². The summed E-state index contributed by atoms with van der Waals surface area (Å²) in [5, 5.41) is 11.8. The van der Waals surface area contributed by atoms with Crippen LogP contribution in [0.1, 0.15) is 33.9 Å². The van der Waals surface area contributed by atoms with Crippen LogP contribution in [0, 0.1) is 20.8 Å². The zero-order valence-electron chi connectivity index (χ0n) is 19.8. The van der Waals surface area contributed by atoms with Gasteiger partial charge in [0.2, 0.25) is 0 Å². The van der Waals surface area contributed by atoms with Crippen molar-refractivity contribution in [2.75, 3.05) is 12.0 Å². The summed E-state index contributed by atoms with van der Waals surface area (Å²) >= 11 is 1.34. The number of fused-ring (bicyclic) bond motifs is 1. The number of amides is 1. The lowest BCUT2D eigenvalue weighted by Crippen LogP contribution is -2.29. The summed E-state index contributed by atoms with van der Waals surface area (Å²) in [5.41, 5.74) is 4.77. The van der Waals surface area contributed by atoms with E-state index < -0.39 is 17.7 Å². The zero-order valence-corrected chi connectivity index (χ0v) is 20.6. The highest BCUT2D eigenvalue weighted by molar-refractivity contribution is 7.22. The molecule has 35 heavy (non-hydrogen) atoms. The Bertz CT molecular complexity index is 1540. The molecule has 1 saturated heterocycles. The monoisotopic (exact) mass is 484 g/mol. The number of carbonyl (C=O) groups excluding carboxylic acids is 2. The lowest BCUT2D eigenvalue weighted by Gasteiger charge is -2.23. The lowest BCUT2D eigenvalue weighted by atomic mass is 9.93. The first-order valence-electron chi connectivity index (χ1n) is 11.2. The van der Waals surface area contributed by atoms with E-state index in [2.05, 4.69) is 4.98 Å². The number of rotatable bonds is 4. The maximum Gasteiger partial charge on any atom is 0.301 e. The summed E-state index contributed by atoms with van der Waals surface area (Å²) in [6, 6.07) is 17.8. The highest BCUT2D eigenvalue weighted by atomic mass is 32.1. The van der Waals surface area contributed by atoms with Gasteiger partial charge in [-0.2, -0.15) is 0 Å². The molecule has 1 fully saturated rings. The maximum atomic E-state index is 13.5. The van der Waals surface area contributed by atoms with E-state index in [1.807, 2.05) is 63.2 Å². The number of ketones is 1. The molecule has 1 aliphatic heterocycles. The highest BCUT2D eigenvalue weighted by Crippen LogP contribution is 2.45. The van der Waals surface area contributed by atoms with Crippen molar-refractivity contribution in [3.8, 4) is 5.75 Å². The second kappa shape index (κ2) is 8.67. The Morgan fingerprint density at radius 1 is 1.00 bits per heavy atom. The molecule has 1 aromatic heterocycles. The largest absolute Gasteiger partial charge is 0.507 e. The Kier molecular flexibility index (Phi) is 5.65. The van der Waals surface area contributed by atoms with E-state index in [0.717, 1.165) is 26.9 Å². The number of carbonyl (C=O) groups is 2. The molecule has 5 rings (SSSR count). The molecule has 0 aliphatic carbocycles. The Balaban J connectivity index is 1.77. The summed E-state index contributed by atoms with van der Waals surface area (Å²) in [7, 11) is 1.56. The van der Waals surface area contributed by atoms with Gasteiger partial charge in [0.15, 0.2) is 5.13 Å². The smallest absolute Gasteiger partial charge is 0.301 e. The van der Waals surface area contributed by atoms with Crippen LogP contribution in [0.2, 0.25) is 0 Å². The minimum Gasteiger partial charge on any atom is -0.507 e. The SMILES string of the molecule is COc1cccc(C2C(=C(O)c3cc(C)ccc3C)C(=O)C(=O)N2c2nc3ccc(C)cc3s2)c1. The average molecular weight is 485 g/mol. The molecule has 1 aliphatic rings. The third-order valence-corrected chi connectivity index (χ3v) is 7.26. The van der Waals surface area contributed by atoms with Gasteiger partial charge in [-0.1, -0.05) is 47.2 Å². The number of aryl methyl sites for hydroxylation is 3. The van der Waals surface area contributed by atoms with E-state index in [1.165, 1.54) is 16.2 Å². The highest BCUT2D eigenvalue weighted by Gasteiger charge is 2.48. The van der Waals surface area contributed by atoms with Crippen LogP contribution in [0.25, 0.3) is 16.0 Å². The van der Waals surface area contributed by atoms with Gasteiger partial charge in [0.25, 0.3) is 5.78 Å². The normalized spacial score (nSPS) is 17.4.